The number of hydrogen-bond donors (Lipinski definition) is 1. The van der Waals surface area contributed by atoms with E-state index in [0.29, 0.717) is 23.9 Å². The van der Waals surface area contributed by atoms with Crippen molar-refractivity contribution in [1.82, 2.24) is 19.3 Å². The molecule has 0 atom stereocenters. The number of aromatic nitrogens is 3. The number of rotatable bonds is 7. The van der Waals surface area contributed by atoms with Gasteiger partial charge in [0, 0.05) is 30.9 Å². The van der Waals surface area contributed by atoms with E-state index in [1.165, 1.54) is 33.8 Å². The zero-order valence-corrected chi connectivity index (χ0v) is 18.1. The number of halogens is 1. The van der Waals surface area contributed by atoms with E-state index in [0.717, 1.165) is 0 Å². The molecular weight excluding hydrogens is 434 g/mol. The first-order valence-electron chi connectivity index (χ1n) is 8.70. The van der Waals surface area contributed by atoms with Crippen LogP contribution in [0.1, 0.15) is 24.3 Å². The minimum absolute atomic E-state index is 0.0533. The number of anilines is 1. The summed E-state index contributed by atoms with van der Waals surface area (Å²) in [5.74, 6) is -0.0929. The van der Waals surface area contributed by atoms with Gasteiger partial charge in [0.05, 0.1) is 15.6 Å². The molecule has 3 aromatic rings. The maximum Gasteiger partial charge on any atom is 0.275 e. The third kappa shape index (κ3) is 4.61. The predicted molar refractivity (Wildman–Crippen MR) is 113 cm³/mol. The summed E-state index contributed by atoms with van der Waals surface area (Å²) in [5.41, 5.74) is 0.348. The smallest absolute Gasteiger partial charge is 0.275 e. The lowest BCUT2D eigenvalue weighted by Gasteiger charge is -2.19. The molecule has 0 saturated heterocycles. The Morgan fingerprint density at radius 3 is 2.55 bits per heavy atom. The highest BCUT2D eigenvalue weighted by Crippen LogP contribution is 2.28. The van der Waals surface area contributed by atoms with E-state index in [-0.39, 0.29) is 21.3 Å². The molecule has 0 fully saturated rings. The highest BCUT2D eigenvalue weighted by Gasteiger charge is 2.23. The van der Waals surface area contributed by atoms with Crippen LogP contribution in [0, 0.1) is 0 Å². The third-order valence-electron chi connectivity index (χ3n) is 4.02. The fourth-order valence-corrected chi connectivity index (χ4v) is 4.94. The number of thiazole rings is 1. The molecule has 1 N–H and O–H groups in total. The number of sulfonamides is 1. The van der Waals surface area contributed by atoms with Gasteiger partial charge in [0.2, 0.25) is 10.0 Å². The van der Waals surface area contributed by atoms with Crippen molar-refractivity contribution < 1.29 is 13.2 Å². The Hall–Kier alpha value is -2.40. The molecule has 2 aromatic heterocycles. The van der Waals surface area contributed by atoms with Gasteiger partial charge in [-0.1, -0.05) is 25.4 Å². The van der Waals surface area contributed by atoms with Gasteiger partial charge in [-0.2, -0.15) is 4.31 Å². The lowest BCUT2D eigenvalue weighted by molar-refractivity contribution is 0.102. The second-order valence-electron chi connectivity index (χ2n) is 5.80. The van der Waals surface area contributed by atoms with Crippen LogP contribution in [0.3, 0.4) is 0 Å². The van der Waals surface area contributed by atoms with Crippen molar-refractivity contribution >= 4 is 44.6 Å². The molecule has 0 saturated carbocycles. The Balaban J connectivity index is 1.85. The monoisotopic (exact) mass is 451 g/mol. The van der Waals surface area contributed by atoms with Gasteiger partial charge in [-0.25, -0.2) is 23.4 Å². The summed E-state index contributed by atoms with van der Waals surface area (Å²) < 4.78 is 26.8. The average Bonchev–Trinajstić information content (AvgIpc) is 3.21. The summed E-state index contributed by atoms with van der Waals surface area (Å²) in [4.78, 5) is 25.1. The maximum atomic E-state index is 12.7. The molecule has 11 heteroatoms. The van der Waals surface area contributed by atoms with Gasteiger partial charge >= 0.3 is 0 Å². The van der Waals surface area contributed by atoms with Crippen LogP contribution >= 0.6 is 22.9 Å². The first-order valence-corrected chi connectivity index (χ1v) is 11.4. The molecule has 3 rings (SSSR count). The molecule has 0 spiro atoms. The number of nitrogens with zero attached hydrogens (tertiary/aromatic N) is 4. The van der Waals surface area contributed by atoms with Gasteiger partial charge in [-0.3, -0.25) is 4.79 Å². The fourth-order valence-electron chi connectivity index (χ4n) is 2.55. The van der Waals surface area contributed by atoms with E-state index in [4.69, 9.17) is 11.6 Å². The second kappa shape index (κ2) is 8.95. The third-order valence-corrected chi connectivity index (χ3v) is 7.24. The molecule has 2 heterocycles. The fraction of sp³-hybridized carbons (Fsp3) is 0.222. The maximum absolute atomic E-state index is 12.7. The van der Waals surface area contributed by atoms with Crippen LogP contribution in [0.25, 0.3) is 10.8 Å². The van der Waals surface area contributed by atoms with Crippen LogP contribution in [0.4, 0.5) is 5.69 Å². The van der Waals surface area contributed by atoms with Crippen molar-refractivity contribution in [2.45, 2.75) is 18.7 Å². The largest absolute Gasteiger partial charge is 0.319 e. The summed E-state index contributed by atoms with van der Waals surface area (Å²) >= 11 is 7.40. The van der Waals surface area contributed by atoms with Crippen molar-refractivity contribution in [2.75, 3.05) is 18.4 Å². The average molecular weight is 452 g/mol. The summed E-state index contributed by atoms with van der Waals surface area (Å²) in [7, 11) is -3.68. The van der Waals surface area contributed by atoms with Gasteiger partial charge in [-0.15, -0.1) is 11.3 Å². The van der Waals surface area contributed by atoms with Crippen LogP contribution < -0.4 is 5.32 Å². The lowest BCUT2D eigenvalue weighted by Crippen LogP contribution is -2.30. The van der Waals surface area contributed by atoms with Gasteiger partial charge in [-0.05, 0) is 24.3 Å². The molecule has 152 valence electrons. The molecular formula is C18H18ClN5O3S2. The quantitative estimate of drug-likeness (QED) is 0.589. The minimum Gasteiger partial charge on any atom is -0.319 e. The van der Waals surface area contributed by atoms with E-state index in [2.05, 4.69) is 20.3 Å². The Morgan fingerprint density at radius 2 is 1.90 bits per heavy atom. The van der Waals surface area contributed by atoms with Crippen molar-refractivity contribution in [1.29, 1.82) is 0 Å². The number of amides is 1. The molecule has 1 amide bonds. The van der Waals surface area contributed by atoms with E-state index < -0.39 is 15.9 Å². The predicted octanol–water partition coefficient (Wildman–Crippen LogP) is 3.54. The van der Waals surface area contributed by atoms with Gasteiger partial charge in [0.25, 0.3) is 5.91 Å². The SMILES string of the molecule is CCN(CC)S(=O)(=O)c1ccc(Cl)c(NC(=O)c2csc(-c3ncccn3)n2)c1. The van der Waals surface area contributed by atoms with Crippen LogP contribution in [0.5, 0.6) is 0 Å². The zero-order chi connectivity index (χ0) is 21.0. The number of hydrogen-bond acceptors (Lipinski definition) is 7. The van der Waals surface area contributed by atoms with E-state index in [9.17, 15) is 13.2 Å². The molecule has 1 aromatic carbocycles. The van der Waals surface area contributed by atoms with Crippen LogP contribution in [0.15, 0.2) is 46.9 Å². The molecule has 0 aliphatic carbocycles. The van der Waals surface area contributed by atoms with Gasteiger partial charge in [0.15, 0.2) is 10.8 Å². The Labute approximate surface area is 177 Å². The molecule has 0 aliphatic rings. The Bertz CT molecular complexity index is 1120. The van der Waals surface area contributed by atoms with E-state index in [1.807, 2.05) is 0 Å². The highest BCUT2D eigenvalue weighted by molar-refractivity contribution is 7.89. The first kappa shape index (κ1) is 21.3. The molecule has 29 heavy (non-hydrogen) atoms. The number of carbonyl (C=O) groups is 1. The topological polar surface area (TPSA) is 105 Å². The second-order valence-corrected chi connectivity index (χ2v) is 9.00. The number of carbonyl (C=O) groups excluding carboxylic acids is 1. The minimum atomic E-state index is -3.68. The van der Waals surface area contributed by atoms with Crippen molar-refractivity contribution in [3.8, 4) is 10.8 Å². The van der Waals surface area contributed by atoms with Gasteiger partial charge < -0.3 is 5.32 Å². The van der Waals surface area contributed by atoms with Crippen LogP contribution in [-0.2, 0) is 10.0 Å². The van der Waals surface area contributed by atoms with Crippen LogP contribution in [-0.4, -0.2) is 46.7 Å². The molecule has 0 unspecified atom stereocenters. The van der Waals surface area contributed by atoms with Crippen LogP contribution in [0.2, 0.25) is 5.02 Å². The van der Waals surface area contributed by atoms with Gasteiger partial charge in [0.1, 0.15) is 5.69 Å². The van der Waals surface area contributed by atoms with Crippen molar-refractivity contribution in [2.24, 2.45) is 0 Å². The molecule has 0 aliphatic heterocycles. The summed E-state index contributed by atoms with van der Waals surface area (Å²) in [6, 6.07) is 5.89. The lowest BCUT2D eigenvalue weighted by atomic mass is 10.3. The number of benzene rings is 1. The van der Waals surface area contributed by atoms with Crippen molar-refractivity contribution in [3.63, 3.8) is 0 Å². The molecule has 8 nitrogen and oxygen atoms in total. The molecule has 0 radical (unpaired) electrons. The summed E-state index contributed by atoms with van der Waals surface area (Å²) in [6.07, 6.45) is 3.18. The number of nitrogens with one attached hydrogen (secondary N) is 1. The molecule has 0 bridgehead atoms. The van der Waals surface area contributed by atoms with E-state index >= 15 is 0 Å². The highest BCUT2D eigenvalue weighted by atomic mass is 35.5. The Kier molecular flexibility index (Phi) is 6.58. The Morgan fingerprint density at radius 1 is 1.21 bits per heavy atom. The first-order chi connectivity index (χ1) is 13.9. The van der Waals surface area contributed by atoms with Crippen molar-refractivity contribution in [3.05, 3.63) is 52.8 Å². The summed E-state index contributed by atoms with van der Waals surface area (Å²) in [5, 5.41) is 4.92. The zero-order valence-electron chi connectivity index (χ0n) is 15.7. The summed E-state index contributed by atoms with van der Waals surface area (Å²) in [6.45, 7) is 4.20. The standard InChI is InChI=1S/C18H18ClN5O3S2/c1-3-24(4-2)29(26,27)12-6-7-13(19)14(10-12)22-17(25)15-11-28-18(23-15)16-20-8-5-9-21-16/h5-11H,3-4H2,1-2H3,(H,22,25). The normalized spacial score (nSPS) is 11.6. The van der Waals surface area contributed by atoms with E-state index in [1.54, 1.807) is 37.7 Å².